The number of aromatic nitrogens is 2. The second-order valence-corrected chi connectivity index (χ2v) is 5.78. The molecule has 1 N–H and O–H groups in total. The molecule has 3 rings (SSSR count). The van der Waals surface area contributed by atoms with Gasteiger partial charge in [-0.1, -0.05) is 12.8 Å². The Kier molecular flexibility index (Phi) is 3.67. The largest absolute Gasteiger partial charge is 0.451 e. The number of rotatable bonds is 2. The summed E-state index contributed by atoms with van der Waals surface area (Å²) in [6, 6.07) is 1.95. The number of hydrogen-bond donors (Lipinski definition) is 1. The summed E-state index contributed by atoms with van der Waals surface area (Å²) in [4.78, 5) is 9.34. The van der Waals surface area contributed by atoms with E-state index in [2.05, 4.69) is 15.3 Å². The van der Waals surface area contributed by atoms with Crippen molar-refractivity contribution in [3.63, 3.8) is 0 Å². The Labute approximate surface area is 121 Å². The fourth-order valence-corrected chi connectivity index (χ4v) is 3.53. The van der Waals surface area contributed by atoms with Gasteiger partial charge >= 0.3 is 6.18 Å². The van der Waals surface area contributed by atoms with Crippen LogP contribution >= 0.6 is 0 Å². The highest BCUT2D eigenvalue weighted by atomic mass is 19.4. The van der Waals surface area contributed by atoms with Crippen molar-refractivity contribution in [3.8, 4) is 0 Å². The Balaban J connectivity index is 1.94. The van der Waals surface area contributed by atoms with Gasteiger partial charge in [-0.25, -0.2) is 9.97 Å². The molecule has 1 aromatic rings. The molecular weight excluding hydrogens is 281 g/mol. The lowest BCUT2D eigenvalue weighted by atomic mass is 9.85. The van der Waals surface area contributed by atoms with Crippen LogP contribution in [-0.2, 0) is 6.18 Å². The standard InChI is InChI=1S/C14H19F3N4/c1-18-11-8-12(20-13(19-11)14(15,16)17)21-7-6-9-4-2-3-5-10(9)21/h8-10H,2-7H2,1H3,(H,18,19,20). The van der Waals surface area contributed by atoms with Gasteiger partial charge < -0.3 is 10.2 Å². The molecule has 2 unspecified atom stereocenters. The number of alkyl halides is 3. The zero-order valence-corrected chi connectivity index (χ0v) is 12.0. The zero-order valence-electron chi connectivity index (χ0n) is 12.0. The predicted molar refractivity (Wildman–Crippen MR) is 74.3 cm³/mol. The molecule has 0 radical (unpaired) electrons. The van der Waals surface area contributed by atoms with Gasteiger partial charge in [0, 0.05) is 25.7 Å². The summed E-state index contributed by atoms with van der Waals surface area (Å²) in [7, 11) is 1.57. The van der Waals surface area contributed by atoms with E-state index in [1.807, 2.05) is 4.90 Å². The fraction of sp³-hybridized carbons (Fsp3) is 0.714. The van der Waals surface area contributed by atoms with E-state index in [1.165, 1.54) is 12.8 Å². The van der Waals surface area contributed by atoms with Crippen molar-refractivity contribution in [1.82, 2.24) is 9.97 Å². The maximum absolute atomic E-state index is 12.9. The summed E-state index contributed by atoms with van der Waals surface area (Å²) in [6.07, 6.45) is 1.13. The van der Waals surface area contributed by atoms with Crippen LogP contribution in [0.15, 0.2) is 6.07 Å². The lowest BCUT2D eigenvalue weighted by Gasteiger charge is -2.32. The summed E-state index contributed by atoms with van der Waals surface area (Å²) in [5.41, 5.74) is 0. The number of nitrogens with zero attached hydrogens (tertiary/aromatic N) is 3. The first kappa shape index (κ1) is 14.4. The van der Waals surface area contributed by atoms with Gasteiger partial charge in [-0.15, -0.1) is 0 Å². The molecule has 1 aliphatic carbocycles. The SMILES string of the molecule is CNc1cc(N2CCC3CCCCC32)nc(C(F)(F)F)n1. The molecule has 0 aromatic carbocycles. The maximum atomic E-state index is 12.9. The van der Waals surface area contributed by atoms with Gasteiger partial charge in [0.15, 0.2) is 0 Å². The molecule has 21 heavy (non-hydrogen) atoms. The van der Waals surface area contributed by atoms with Crippen LogP contribution in [0.5, 0.6) is 0 Å². The Morgan fingerprint density at radius 1 is 1.19 bits per heavy atom. The lowest BCUT2D eigenvalue weighted by molar-refractivity contribution is -0.144. The quantitative estimate of drug-likeness (QED) is 0.910. The van der Waals surface area contributed by atoms with Crippen molar-refractivity contribution in [2.75, 3.05) is 23.8 Å². The molecule has 2 fully saturated rings. The van der Waals surface area contributed by atoms with Crippen molar-refractivity contribution in [2.45, 2.75) is 44.3 Å². The van der Waals surface area contributed by atoms with Crippen LogP contribution in [0.1, 0.15) is 37.9 Å². The number of halogens is 3. The molecule has 1 saturated carbocycles. The van der Waals surface area contributed by atoms with Gasteiger partial charge in [-0.3, -0.25) is 0 Å². The van der Waals surface area contributed by atoms with Crippen LogP contribution in [-0.4, -0.2) is 29.6 Å². The van der Waals surface area contributed by atoms with Crippen molar-refractivity contribution < 1.29 is 13.2 Å². The van der Waals surface area contributed by atoms with E-state index < -0.39 is 12.0 Å². The number of anilines is 2. The molecule has 0 bridgehead atoms. The number of nitrogens with one attached hydrogen (secondary N) is 1. The monoisotopic (exact) mass is 300 g/mol. The molecule has 0 spiro atoms. The third-order valence-electron chi connectivity index (χ3n) is 4.53. The minimum atomic E-state index is -4.52. The number of fused-ring (bicyclic) bond motifs is 1. The Morgan fingerprint density at radius 2 is 1.95 bits per heavy atom. The van der Waals surface area contributed by atoms with E-state index in [1.54, 1.807) is 13.1 Å². The van der Waals surface area contributed by atoms with Gasteiger partial charge in [0.1, 0.15) is 11.6 Å². The van der Waals surface area contributed by atoms with E-state index in [0.717, 1.165) is 25.8 Å². The topological polar surface area (TPSA) is 41.0 Å². The molecule has 1 aromatic heterocycles. The van der Waals surface area contributed by atoms with Gasteiger partial charge in [-0.05, 0) is 25.2 Å². The van der Waals surface area contributed by atoms with Crippen molar-refractivity contribution in [2.24, 2.45) is 5.92 Å². The average Bonchev–Trinajstić information content (AvgIpc) is 2.89. The summed E-state index contributed by atoms with van der Waals surface area (Å²) in [5, 5.41) is 2.70. The van der Waals surface area contributed by atoms with Crippen LogP contribution in [0.2, 0.25) is 0 Å². The molecule has 4 nitrogen and oxygen atoms in total. The third-order valence-corrected chi connectivity index (χ3v) is 4.53. The highest BCUT2D eigenvalue weighted by molar-refractivity contribution is 5.51. The van der Waals surface area contributed by atoms with Gasteiger partial charge in [0.25, 0.3) is 0 Å². The van der Waals surface area contributed by atoms with E-state index in [-0.39, 0.29) is 5.82 Å². The van der Waals surface area contributed by atoms with Gasteiger partial charge in [-0.2, -0.15) is 13.2 Å². The summed E-state index contributed by atoms with van der Waals surface area (Å²) >= 11 is 0. The van der Waals surface area contributed by atoms with Crippen molar-refractivity contribution >= 4 is 11.6 Å². The summed E-state index contributed by atoms with van der Waals surface area (Å²) < 4.78 is 38.8. The van der Waals surface area contributed by atoms with Crippen LogP contribution in [0.4, 0.5) is 24.8 Å². The molecule has 7 heteroatoms. The first-order valence-electron chi connectivity index (χ1n) is 7.39. The van der Waals surface area contributed by atoms with Crippen LogP contribution < -0.4 is 10.2 Å². The minimum absolute atomic E-state index is 0.214. The maximum Gasteiger partial charge on any atom is 0.451 e. The highest BCUT2D eigenvalue weighted by Crippen LogP contribution is 2.39. The fourth-order valence-electron chi connectivity index (χ4n) is 3.53. The molecular formula is C14H19F3N4. The third kappa shape index (κ3) is 2.78. The highest BCUT2D eigenvalue weighted by Gasteiger charge is 2.39. The predicted octanol–water partition coefficient (Wildman–Crippen LogP) is 3.31. The number of hydrogen-bond acceptors (Lipinski definition) is 4. The van der Waals surface area contributed by atoms with Crippen molar-refractivity contribution in [3.05, 3.63) is 11.9 Å². The average molecular weight is 300 g/mol. The van der Waals surface area contributed by atoms with Crippen LogP contribution in [0.3, 0.4) is 0 Å². The van der Waals surface area contributed by atoms with Crippen LogP contribution in [0, 0.1) is 5.92 Å². The van der Waals surface area contributed by atoms with E-state index in [9.17, 15) is 13.2 Å². The minimum Gasteiger partial charge on any atom is -0.373 e. The Morgan fingerprint density at radius 3 is 2.67 bits per heavy atom. The molecule has 2 atom stereocenters. The van der Waals surface area contributed by atoms with E-state index in [0.29, 0.717) is 17.8 Å². The summed E-state index contributed by atoms with van der Waals surface area (Å²) in [6.45, 7) is 0.785. The molecule has 2 heterocycles. The molecule has 1 aliphatic heterocycles. The molecule has 1 saturated heterocycles. The second kappa shape index (κ2) is 5.35. The molecule has 0 amide bonds. The normalized spacial score (nSPS) is 25.8. The zero-order chi connectivity index (χ0) is 15.0. The van der Waals surface area contributed by atoms with E-state index >= 15 is 0 Å². The Hall–Kier alpha value is -1.53. The first-order chi connectivity index (χ1) is 9.99. The first-order valence-corrected chi connectivity index (χ1v) is 7.39. The molecule has 2 aliphatic rings. The smallest absolute Gasteiger partial charge is 0.373 e. The van der Waals surface area contributed by atoms with Crippen LogP contribution in [0.25, 0.3) is 0 Å². The van der Waals surface area contributed by atoms with Gasteiger partial charge in [0.2, 0.25) is 5.82 Å². The van der Waals surface area contributed by atoms with Gasteiger partial charge in [0.05, 0.1) is 0 Å². The second-order valence-electron chi connectivity index (χ2n) is 5.78. The summed E-state index contributed by atoms with van der Waals surface area (Å²) in [5.74, 6) is 0.146. The molecule has 116 valence electrons. The lowest BCUT2D eigenvalue weighted by Crippen LogP contribution is -2.35. The van der Waals surface area contributed by atoms with E-state index in [4.69, 9.17) is 0 Å². The van der Waals surface area contributed by atoms with Crippen molar-refractivity contribution in [1.29, 1.82) is 0 Å². The Bertz CT molecular complexity index is 517.